The molecule has 1 aliphatic rings. The van der Waals surface area contributed by atoms with E-state index in [0.29, 0.717) is 5.88 Å². The van der Waals surface area contributed by atoms with Crippen molar-refractivity contribution in [3.63, 3.8) is 0 Å². The zero-order chi connectivity index (χ0) is 14.5. The van der Waals surface area contributed by atoms with Crippen molar-refractivity contribution in [3.8, 4) is 0 Å². The van der Waals surface area contributed by atoms with Gasteiger partial charge in [-0.15, -0.1) is 0 Å². The monoisotopic (exact) mass is 262 g/mol. The topological polar surface area (TPSA) is 33.3 Å². The van der Waals surface area contributed by atoms with Crippen molar-refractivity contribution in [3.05, 3.63) is 48.5 Å². The largest absolute Gasteiger partial charge is 0.474 e. The number of rotatable bonds is 5. The number of nitrogens with one attached hydrogen (secondary N) is 2. The minimum atomic E-state index is -0.316. The average molecular weight is 262 g/mol. The zero-order valence-corrected chi connectivity index (χ0v) is 12.7. The molecule has 0 amide bonds. The van der Waals surface area contributed by atoms with Gasteiger partial charge in [-0.2, -0.15) is 0 Å². The molecular weight excluding hydrogens is 236 g/mol. The van der Waals surface area contributed by atoms with Gasteiger partial charge in [-0.3, -0.25) is 0 Å². The minimum Gasteiger partial charge on any atom is -0.474 e. The molecule has 0 radical (unpaired) electrons. The highest BCUT2D eigenvalue weighted by Gasteiger charge is 2.22. The Morgan fingerprint density at radius 3 is 2.63 bits per heavy atom. The summed E-state index contributed by atoms with van der Waals surface area (Å²) in [5.41, 5.74) is 0.524. The number of hydrogen-bond donors (Lipinski definition) is 2. The second kappa shape index (κ2) is 6.00. The molecule has 3 heteroatoms. The van der Waals surface area contributed by atoms with E-state index in [1.807, 2.05) is 32.9 Å². The molecule has 2 N–H and O–H groups in total. The van der Waals surface area contributed by atoms with Gasteiger partial charge in [0.15, 0.2) is 5.88 Å². The standard InChI is InChI=1S/C16H26N2O/c1-7-17-14-10-8-9-11-16(6,12-14)18-13(2)19-15(3,4)5/h8-12,17-18H,2,7H2,1,3-6H3. The zero-order valence-electron chi connectivity index (χ0n) is 12.7. The molecular formula is C16H26N2O. The summed E-state index contributed by atoms with van der Waals surface area (Å²) in [5, 5.41) is 6.65. The van der Waals surface area contributed by atoms with Crippen LogP contribution >= 0.6 is 0 Å². The van der Waals surface area contributed by atoms with E-state index in [1.54, 1.807) is 0 Å². The minimum absolute atomic E-state index is 0.249. The van der Waals surface area contributed by atoms with Gasteiger partial charge in [0.2, 0.25) is 0 Å². The predicted molar refractivity (Wildman–Crippen MR) is 81.6 cm³/mol. The van der Waals surface area contributed by atoms with Crippen molar-refractivity contribution in [1.29, 1.82) is 0 Å². The average Bonchev–Trinajstić information content (AvgIpc) is 2.37. The Kier molecular flexibility index (Phi) is 4.87. The lowest BCUT2D eigenvalue weighted by molar-refractivity contribution is 0.0377. The Morgan fingerprint density at radius 2 is 2.05 bits per heavy atom. The van der Waals surface area contributed by atoms with Crippen LogP contribution in [0.3, 0.4) is 0 Å². The van der Waals surface area contributed by atoms with Crippen molar-refractivity contribution in [2.75, 3.05) is 6.54 Å². The lowest BCUT2D eigenvalue weighted by atomic mass is 10.0. The van der Waals surface area contributed by atoms with Gasteiger partial charge in [0.1, 0.15) is 5.60 Å². The van der Waals surface area contributed by atoms with E-state index in [1.165, 1.54) is 0 Å². The van der Waals surface area contributed by atoms with Gasteiger partial charge in [0, 0.05) is 12.2 Å². The second-order valence-electron chi connectivity index (χ2n) is 5.89. The van der Waals surface area contributed by atoms with Gasteiger partial charge in [-0.25, -0.2) is 0 Å². The second-order valence-corrected chi connectivity index (χ2v) is 5.89. The summed E-state index contributed by atoms with van der Waals surface area (Å²) in [6.45, 7) is 15.0. The van der Waals surface area contributed by atoms with E-state index in [9.17, 15) is 0 Å². The van der Waals surface area contributed by atoms with Crippen LogP contribution in [0.2, 0.25) is 0 Å². The van der Waals surface area contributed by atoms with Crippen LogP contribution in [0.25, 0.3) is 0 Å². The lowest BCUT2D eigenvalue weighted by Gasteiger charge is -2.30. The molecule has 0 bridgehead atoms. The van der Waals surface area contributed by atoms with Crippen molar-refractivity contribution in [2.45, 2.75) is 45.8 Å². The number of hydrogen-bond acceptors (Lipinski definition) is 3. The summed E-state index contributed by atoms with van der Waals surface area (Å²) in [5.74, 6) is 0.577. The molecule has 1 atom stereocenters. The molecule has 0 spiro atoms. The van der Waals surface area contributed by atoms with E-state index in [2.05, 4.69) is 49.3 Å². The number of likely N-dealkylation sites (N-methyl/N-ethyl adjacent to an activating group) is 1. The normalized spacial score (nSPS) is 22.5. The SMILES string of the molecule is C=C(NC1(C)C=CC=CC(NCC)=C1)OC(C)(C)C. The lowest BCUT2D eigenvalue weighted by Crippen LogP contribution is -2.40. The Bertz CT molecular complexity index is 413. The smallest absolute Gasteiger partial charge is 0.180 e. The molecule has 0 aromatic heterocycles. The van der Waals surface area contributed by atoms with E-state index in [4.69, 9.17) is 4.74 Å². The first-order valence-electron chi connectivity index (χ1n) is 6.73. The summed E-state index contributed by atoms with van der Waals surface area (Å²) in [6.07, 6.45) is 10.3. The quantitative estimate of drug-likeness (QED) is 0.746. The molecule has 106 valence electrons. The predicted octanol–water partition coefficient (Wildman–Crippen LogP) is 3.24. The highest BCUT2D eigenvalue weighted by molar-refractivity contribution is 5.34. The Morgan fingerprint density at radius 1 is 1.37 bits per heavy atom. The first kappa shape index (κ1) is 15.4. The van der Waals surface area contributed by atoms with Crippen molar-refractivity contribution in [1.82, 2.24) is 10.6 Å². The van der Waals surface area contributed by atoms with Gasteiger partial charge in [0.25, 0.3) is 0 Å². The molecule has 1 rings (SSSR count). The van der Waals surface area contributed by atoms with Crippen LogP contribution in [0.4, 0.5) is 0 Å². The molecule has 0 aliphatic heterocycles. The van der Waals surface area contributed by atoms with Gasteiger partial charge < -0.3 is 15.4 Å². The maximum atomic E-state index is 5.73. The third-order valence-corrected chi connectivity index (χ3v) is 2.50. The Labute approximate surface area is 117 Å². The van der Waals surface area contributed by atoms with Crippen LogP contribution in [-0.2, 0) is 4.74 Å². The van der Waals surface area contributed by atoms with Gasteiger partial charge in [-0.1, -0.05) is 18.2 Å². The van der Waals surface area contributed by atoms with Crippen LogP contribution in [-0.4, -0.2) is 17.7 Å². The highest BCUT2D eigenvalue weighted by atomic mass is 16.5. The molecule has 1 aliphatic carbocycles. The summed E-state index contributed by atoms with van der Waals surface area (Å²) in [4.78, 5) is 0. The summed E-state index contributed by atoms with van der Waals surface area (Å²) >= 11 is 0. The molecule has 0 fully saturated rings. The van der Waals surface area contributed by atoms with Crippen LogP contribution < -0.4 is 10.6 Å². The fraction of sp³-hybridized carbons (Fsp3) is 0.500. The third-order valence-electron chi connectivity index (χ3n) is 2.50. The van der Waals surface area contributed by atoms with E-state index in [0.717, 1.165) is 12.2 Å². The van der Waals surface area contributed by atoms with E-state index >= 15 is 0 Å². The van der Waals surface area contributed by atoms with Crippen molar-refractivity contribution in [2.24, 2.45) is 0 Å². The Balaban J connectivity index is 2.79. The fourth-order valence-electron chi connectivity index (χ4n) is 1.92. The summed E-state index contributed by atoms with van der Waals surface area (Å²) in [6, 6.07) is 0. The fourth-order valence-corrected chi connectivity index (χ4v) is 1.92. The molecule has 0 heterocycles. The number of allylic oxidation sites excluding steroid dienone is 3. The van der Waals surface area contributed by atoms with Crippen LogP contribution in [0.1, 0.15) is 34.6 Å². The molecule has 0 saturated heterocycles. The third kappa shape index (κ3) is 5.69. The van der Waals surface area contributed by atoms with E-state index < -0.39 is 0 Å². The van der Waals surface area contributed by atoms with Crippen molar-refractivity contribution >= 4 is 0 Å². The van der Waals surface area contributed by atoms with Crippen LogP contribution in [0.5, 0.6) is 0 Å². The molecule has 0 saturated carbocycles. The highest BCUT2D eigenvalue weighted by Crippen LogP contribution is 2.19. The van der Waals surface area contributed by atoms with Crippen molar-refractivity contribution < 1.29 is 4.74 Å². The van der Waals surface area contributed by atoms with Crippen LogP contribution in [0.15, 0.2) is 48.5 Å². The molecule has 1 unspecified atom stereocenters. The molecule has 3 nitrogen and oxygen atoms in total. The van der Waals surface area contributed by atoms with Gasteiger partial charge in [-0.05, 0) is 53.3 Å². The molecule has 19 heavy (non-hydrogen) atoms. The first-order chi connectivity index (χ1) is 8.74. The number of ether oxygens (including phenoxy) is 1. The maximum absolute atomic E-state index is 5.73. The summed E-state index contributed by atoms with van der Waals surface area (Å²) < 4.78 is 5.73. The maximum Gasteiger partial charge on any atom is 0.180 e. The Hall–Kier alpha value is -1.64. The summed E-state index contributed by atoms with van der Waals surface area (Å²) in [7, 11) is 0. The van der Waals surface area contributed by atoms with Gasteiger partial charge >= 0.3 is 0 Å². The van der Waals surface area contributed by atoms with Crippen LogP contribution in [0, 0.1) is 0 Å². The first-order valence-corrected chi connectivity index (χ1v) is 6.73. The van der Waals surface area contributed by atoms with Gasteiger partial charge in [0.05, 0.1) is 5.54 Å². The molecule has 0 aromatic rings. The van der Waals surface area contributed by atoms with E-state index in [-0.39, 0.29) is 11.1 Å². The molecule has 0 aromatic carbocycles.